The van der Waals surface area contributed by atoms with Crippen molar-refractivity contribution in [2.45, 2.75) is 19.4 Å². The van der Waals surface area contributed by atoms with Crippen molar-refractivity contribution < 1.29 is 8.42 Å². The van der Waals surface area contributed by atoms with Crippen LogP contribution in [0.4, 0.5) is 0 Å². The minimum absolute atomic E-state index is 0.0405. The third-order valence-electron chi connectivity index (χ3n) is 2.44. The first-order chi connectivity index (χ1) is 6.09. The third-order valence-corrected chi connectivity index (χ3v) is 4.13. The van der Waals surface area contributed by atoms with Crippen LogP contribution in [0.1, 0.15) is 13.3 Å². The molecular weight excluding hydrogens is 188 g/mol. The van der Waals surface area contributed by atoms with Gasteiger partial charge in [-0.2, -0.15) is 0 Å². The van der Waals surface area contributed by atoms with Crippen LogP contribution in [0.25, 0.3) is 0 Å². The van der Waals surface area contributed by atoms with E-state index in [1.807, 2.05) is 0 Å². The van der Waals surface area contributed by atoms with Crippen molar-refractivity contribution in [3.63, 3.8) is 0 Å². The number of nitrogens with zero attached hydrogens (tertiary/aromatic N) is 1. The monoisotopic (exact) mass is 206 g/mol. The average Bonchev–Trinajstić information content (AvgIpc) is 2.08. The second-order valence-corrected chi connectivity index (χ2v) is 5.77. The largest absolute Gasteiger partial charge is 0.329 e. The number of sulfone groups is 1. The van der Waals surface area contributed by atoms with Crippen LogP contribution in [0, 0.1) is 0 Å². The molecule has 13 heavy (non-hydrogen) atoms. The Hall–Kier alpha value is -0.130. The first-order valence-electron chi connectivity index (χ1n) is 4.73. The van der Waals surface area contributed by atoms with E-state index >= 15 is 0 Å². The Morgan fingerprint density at radius 3 is 2.77 bits per heavy atom. The van der Waals surface area contributed by atoms with Gasteiger partial charge in [-0.15, -0.1) is 0 Å². The fourth-order valence-electron chi connectivity index (χ4n) is 1.72. The van der Waals surface area contributed by atoms with E-state index < -0.39 is 9.84 Å². The molecule has 1 aliphatic heterocycles. The number of rotatable bonds is 3. The summed E-state index contributed by atoms with van der Waals surface area (Å²) >= 11 is 0. The highest BCUT2D eigenvalue weighted by molar-refractivity contribution is 7.91. The SMILES string of the molecule is CCCN1CCS(=O)(=O)CC1CN. The molecule has 4 nitrogen and oxygen atoms in total. The summed E-state index contributed by atoms with van der Waals surface area (Å²) in [6.45, 7) is 4.14. The van der Waals surface area contributed by atoms with Crippen LogP contribution in [0.2, 0.25) is 0 Å². The van der Waals surface area contributed by atoms with Gasteiger partial charge in [-0.05, 0) is 13.0 Å². The zero-order valence-corrected chi connectivity index (χ0v) is 8.89. The van der Waals surface area contributed by atoms with Gasteiger partial charge in [-0.3, -0.25) is 4.90 Å². The second kappa shape index (κ2) is 4.39. The molecule has 0 amide bonds. The third kappa shape index (κ3) is 2.93. The van der Waals surface area contributed by atoms with Gasteiger partial charge in [0.1, 0.15) is 0 Å². The lowest BCUT2D eigenvalue weighted by molar-refractivity contribution is 0.218. The molecule has 1 atom stereocenters. The Morgan fingerprint density at radius 1 is 1.54 bits per heavy atom. The highest BCUT2D eigenvalue weighted by Gasteiger charge is 2.29. The van der Waals surface area contributed by atoms with Crippen LogP contribution in [-0.2, 0) is 9.84 Å². The van der Waals surface area contributed by atoms with E-state index in [0.717, 1.165) is 13.0 Å². The summed E-state index contributed by atoms with van der Waals surface area (Å²) in [5.41, 5.74) is 5.54. The average molecular weight is 206 g/mol. The quantitative estimate of drug-likeness (QED) is 0.673. The van der Waals surface area contributed by atoms with Crippen molar-refractivity contribution in [1.29, 1.82) is 0 Å². The van der Waals surface area contributed by atoms with Crippen molar-refractivity contribution in [3.05, 3.63) is 0 Å². The molecule has 0 aromatic rings. The molecule has 1 fully saturated rings. The molecule has 0 saturated carbocycles. The zero-order chi connectivity index (χ0) is 9.90. The highest BCUT2D eigenvalue weighted by atomic mass is 32.2. The lowest BCUT2D eigenvalue weighted by atomic mass is 10.2. The van der Waals surface area contributed by atoms with E-state index in [-0.39, 0.29) is 11.8 Å². The van der Waals surface area contributed by atoms with Crippen LogP contribution in [0.3, 0.4) is 0 Å². The van der Waals surface area contributed by atoms with Gasteiger partial charge in [0.05, 0.1) is 11.5 Å². The zero-order valence-electron chi connectivity index (χ0n) is 8.07. The molecule has 1 aliphatic rings. The maximum absolute atomic E-state index is 11.3. The Labute approximate surface area is 80.0 Å². The molecule has 1 saturated heterocycles. The second-order valence-electron chi connectivity index (χ2n) is 3.54. The van der Waals surface area contributed by atoms with Crippen LogP contribution < -0.4 is 5.73 Å². The minimum Gasteiger partial charge on any atom is -0.329 e. The Bertz CT molecular complexity index is 251. The van der Waals surface area contributed by atoms with E-state index in [0.29, 0.717) is 18.8 Å². The van der Waals surface area contributed by atoms with Gasteiger partial charge < -0.3 is 5.73 Å². The molecule has 1 heterocycles. The molecule has 5 heteroatoms. The molecule has 0 aromatic carbocycles. The molecule has 0 radical (unpaired) electrons. The predicted octanol–water partition coefficient (Wildman–Crippen LogP) is -0.546. The molecule has 2 N–H and O–H groups in total. The topological polar surface area (TPSA) is 63.4 Å². The fraction of sp³-hybridized carbons (Fsp3) is 1.00. The van der Waals surface area contributed by atoms with Gasteiger partial charge in [-0.25, -0.2) is 8.42 Å². The summed E-state index contributed by atoms with van der Waals surface area (Å²) in [4.78, 5) is 2.18. The molecule has 78 valence electrons. The van der Waals surface area contributed by atoms with E-state index in [2.05, 4.69) is 11.8 Å². The standard InChI is InChI=1S/C8H18N2O2S/c1-2-3-10-4-5-13(11,12)7-8(10)6-9/h8H,2-7,9H2,1H3. The van der Waals surface area contributed by atoms with Crippen molar-refractivity contribution >= 4 is 9.84 Å². The van der Waals surface area contributed by atoms with Crippen LogP contribution in [-0.4, -0.2) is 50.5 Å². The number of hydrogen-bond donors (Lipinski definition) is 1. The van der Waals surface area contributed by atoms with Crippen molar-refractivity contribution in [3.8, 4) is 0 Å². The van der Waals surface area contributed by atoms with Gasteiger partial charge in [0, 0.05) is 19.1 Å². The molecule has 0 aliphatic carbocycles. The van der Waals surface area contributed by atoms with Crippen LogP contribution in [0.5, 0.6) is 0 Å². The maximum atomic E-state index is 11.3. The summed E-state index contributed by atoms with van der Waals surface area (Å²) in [6.07, 6.45) is 1.05. The van der Waals surface area contributed by atoms with Crippen molar-refractivity contribution in [2.75, 3.05) is 31.1 Å². The van der Waals surface area contributed by atoms with E-state index in [1.54, 1.807) is 0 Å². The maximum Gasteiger partial charge on any atom is 0.153 e. The lowest BCUT2D eigenvalue weighted by Gasteiger charge is -2.34. The lowest BCUT2D eigenvalue weighted by Crippen LogP contribution is -2.51. The van der Waals surface area contributed by atoms with Crippen molar-refractivity contribution in [1.82, 2.24) is 4.90 Å². The van der Waals surface area contributed by atoms with E-state index in [4.69, 9.17) is 5.73 Å². The summed E-state index contributed by atoms with van der Waals surface area (Å²) < 4.78 is 22.6. The van der Waals surface area contributed by atoms with Crippen molar-refractivity contribution in [2.24, 2.45) is 5.73 Å². The number of nitrogens with two attached hydrogens (primary N) is 1. The van der Waals surface area contributed by atoms with E-state index in [9.17, 15) is 8.42 Å². The Balaban J connectivity index is 2.60. The summed E-state index contributed by atoms with van der Waals surface area (Å²) in [7, 11) is -2.82. The fourth-order valence-corrected chi connectivity index (χ4v) is 3.33. The van der Waals surface area contributed by atoms with Gasteiger partial charge in [0.15, 0.2) is 9.84 Å². The first-order valence-corrected chi connectivity index (χ1v) is 6.55. The summed E-state index contributed by atoms with van der Waals surface area (Å²) in [6, 6.07) is 0.0405. The summed E-state index contributed by atoms with van der Waals surface area (Å²) in [5.74, 6) is 0.535. The Kier molecular flexibility index (Phi) is 3.70. The van der Waals surface area contributed by atoms with Gasteiger partial charge in [-0.1, -0.05) is 6.92 Å². The van der Waals surface area contributed by atoms with Crippen LogP contribution in [0.15, 0.2) is 0 Å². The normalized spacial score (nSPS) is 28.9. The van der Waals surface area contributed by atoms with E-state index in [1.165, 1.54) is 0 Å². The molecule has 0 spiro atoms. The van der Waals surface area contributed by atoms with Gasteiger partial charge in [0.25, 0.3) is 0 Å². The number of hydrogen-bond acceptors (Lipinski definition) is 4. The molecule has 1 unspecified atom stereocenters. The highest BCUT2D eigenvalue weighted by Crippen LogP contribution is 2.10. The Morgan fingerprint density at radius 2 is 2.23 bits per heavy atom. The molecule has 1 rings (SSSR count). The molecule has 0 aromatic heterocycles. The predicted molar refractivity (Wildman–Crippen MR) is 53.4 cm³/mol. The smallest absolute Gasteiger partial charge is 0.153 e. The molecular formula is C8H18N2O2S. The summed E-state index contributed by atoms with van der Waals surface area (Å²) in [5, 5.41) is 0. The van der Waals surface area contributed by atoms with Gasteiger partial charge >= 0.3 is 0 Å². The minimum atomic E-state index is -2.82. The van der Waals surface area contributed by atoms with Crippen LogP contribution >= 0.6 is 0 Å². The molecule has 0 bridgehead atoms. The van der Waals surface area contributed by atoms with Gasteiger partial charge in [0.2, 0.25) is 0 Å². The first kappa shape index (κ1) is 10.9.